The summed E-state index contributed by atoms with van der Waals surface area (Å²) in [5.74, 6) is -2.76. The summed E-state index contributed by atoms with van der Waals surface area (Å²) in [6.07, 6.45) is -0.604. The van der Waals surface area contributed by atoms with Crippen LogP contribution in [0.3, 0.4) is 0 Å². The molecule has 3 aromatic rings. The Kier molecular flexibility index (Phi) is 5.96. The summed E-state index contributed by atoms with van der Waals surface area (Å²) in [4.78, 5) is 46.6. The minimum absolute atomic E-state index is 0.181. The molecule has 0 spiro atoms. The van der Waals surface area contributed by atoms with Crippen molar-refractivity contribution in [3.8, 4) is 11.3 Å². The normalized spacial score (nSPS) is 11.8. The van der Waals surface area contributed by atoms with Gasteiger partial charge in [-0.25, -0.2) is 4.79 Å². The zero-order valence-corrected chi connectivity index (χ0v) is 16.0. The molecule has 2 aromatic carbocycles. The second-order valence-electron chi connectivity index (χ2n) is 6.85. The average molecular weight is 409 g/mol. The standard InChI is InChI=1S/C22H19NO7/c1-12-2-8-18-15(10-12)17(24)11-19(30-18)13-3-5-14(6-4-13)21(27)23-16(22(28)29)7-9-20(25)26/h2-6,8,10-11,16H,7,9H2,1H3,(H,23,27)(H,25,26)(H,28,29). The van der Waals surface area contributed by atoms with Crippen molar-refractivity contribution in [2.45, 2.75) is 25.8 Å². The largest absolute Gasteiger partial charge is 0.481 e. The molecule has 0 radical (unpaired) electrons. The van der Waals surface area contributed by atoms with E-state index in [1.54, 1.807) is 24.3 Å². The van der Waals surface area contributed by atoms with Crippen molar-refractivity contribution in [1.82, 2.24) is 5.32 Å². The van der Waals surface area contributed by atoms with Crippen LogP contribution in [0.15, 0.2) is 57.7 Å². The second kappa shape index (κ2) is 8.60. The van der Waals surface area contributed by atoms with Crippen LogP contribution in [0, 0.1) is 6.92 Å². The highest BCUT2D eigenvalue weighted by molar-refractivity contribution is 5.97. The Bertz CT molecular complexity index is 1180. The van der Waals surface area contributed by atoms with Crippen LogP contribution in [0.5, 0.6) is 0 Å². The van der Waals surface area contributed by atoms with Crippen LogP contribution < -0.4 is 10.7 Å². The van der Waals surface area contributed by atoms with Crippen molar-refractivity contribution in [3.63, 3.8) is 0 Å². The molecule has 0 bridgehead atoms. The van der Waals surface area contributed by atoms with Gasteiger partial charge in [-0.3, -0.25) is 14.4 Å². The molecule has 1 amide bonds. The SMILES string of the molecule is Cc1ccc2oc(-c3ccc(C(=O)NC(CCC(=O)O)C(=O)O)cc3)cc(=O)c2c1. The van der Waals surface area contributed by atoms with Gasteiger partial charge in [-0.2, -0.15) is 0 Å². The first-order valence-electron chi connectivity index (χ1n) is 9.15. The van der Waals surface area contributed by atoms with E-state index in [0.29, 0.717) is 22.3 Å². The van der Waals surface area contributed by atoms with Crippen molar-refractivity contribution in [3.05, 3.63) is 69.9 Å². The van der Waals surface area contributed by atoms with E-state index in [1.165, 1.54) is 18.2 Å². The van der Waals surface area contributed by atoms with Gasteiger partial charge in [-0.1, -0.05) is 23.8 Å². The fourth-order valence-electron chi connectivity index (χ4n) is 2.97. The van der Waals surface area contributed by atoms with Gasteiger partial charge in [0.2, 0.25) is 0 Å². The number of aryl methyl sites for hydroxylation is 1. The fraction of sp³-hybridized carbons (Fsp3) is 0.182. The lowest BCUT2D eigenvalue weighted by atomic mass is 10.1. The number of nitrogens with one attached hydrogen (secondary N) is 1. The van der Waals surface area contributed by atoms with Gasteiger partial charge in [-0.05, 0) is 37.6 Å². The number of fused-ring (bicyclic) bond motifs is 1. The van der Waals surface area contributed by atoms with E-state index in [9.17, 15) is 19.2 Å². The van der Waals surface area contributed by atoms with Crippen molar-refractivity contribution in [2.75, 3.05) is 0 Å². The third-order valence-electron chi connectivity index (χ3n) is 4.56. The number of amides is 1. The molecule has 1 heterocycles. The smallest absolute Gasteiger partial charge is 0.326 e. The van der Waals surface area contributed by atoms with Gasteiger partial charge in [0.15, 0.2) is 5.43 Å². The molecule has 3 N–H and O–H groups in total. The third kappa shape index (κ3) is 4.72. The maximum Gasteiger partial charge on any atom is 0.326 e. The lowest BCUT2D eigenvalue weighted by molar-refractivity contribution is -0.140. The van der Waals surface area contributed by atoms with E-state index < -0.39 is 23.9 Å². The number of benzene rings is 2. The van der Waals surface area contributed by atoms with Crippen LogP contribution in [-0.4, -0.2) is 34.1 Å². The van der Waals surface area contributed by atoms with Crippen LogP contribution >= 0.6 is 0 Å². The molecule has 0 aliphatic rings. The number of rotatable bonds is 7. The zero-order chi connectivity index (χ0) is 21.8. The van der Waals surface area contributed by atoms with Gasteiger partial charge in [0.1, 0.15) is 17.4 Å². The van der Waals surface area contributed by atoms with Gasteiger partial charge < -0.3 is 19.9 Å². The van der Waals surface area contributed by atoms with Crippen LogP contribution in [0.2, 0.25) is 0 Å². The highest BCUT2D eigenvalue weighted by Crippen LogP contribution is 2.23. The minimum Gasteiger partial charge on any atom is -0.481 e. The molecule has 8 nitrogen and oxygen atoms in total. The Labute approximate surface area is 170 Å². The average Bonchev–Trinajstić information content (AvgIpc) is 2.71. The van der Waals surface area contributed by atoms with Crippen LogP contribution in [0.25, 0.3) is 22.3 Å². The molecule has 30 heavy (non-hydrogen) atoms. The minimum atomic E-state index is -1.31. The predicted molar refractivity (Wildman–Crippen MR) is 108 cm³/mol. The van der Waals surface area contributed by atoms with Crippen LogP contribution in [0.4, 0.5) is 0 Å². The molecule has 1 aromatic heterocycles. The Morgan fingerprint density at radius 1 is 1.03 bits per heavy atom. The number of hydrogen-bond donors (Lipinski definition) is 3. The molecule has 1 atom stereocenters. The summed E-state index contributed by atoms with van der Waals surface area (Å²) >= 11 is 0. The number of aliphatic carboxylic acids is 2. The predicted octanol–water partition coefficient (Wildman–Crippen LogP) is 2.82. The first kappa shape index (κ1) is 20.8. The van der Waals surface area contributed by atoms with Crippen molar-refractivity contribution < 1.29 is 29.0 Å². The molecule has 3 rings (SSSR count). The van der Waals surface area contributed by atoms with E-state index in [0.717, 1.165) is 5.56 Å². The van der Waals surface area contributed by atoms with Gasteiger partial charge in [0.25, 0.3) is 5.91 Å². The number of carboxylic acid groups (broad SMARTS) is 2. The van der Waals surface area contributed by atoms with E-state index in [1.807, 2.05) is 13.0 Å². The highest BCUT2D eigenvalue weighted by atomic mass is 16.4. The van der Waals surface area contributed by atoms with Crippen molar-refractivity contribution >= 4 is 28.8 Å². The molecule has 0 aliphatic heterocycles. The molecule has 0 saturated carbocycles. The van der Waals surface area contributed by atoms with E-state index >= 15 is 0 Å². The van der Waals surface area contributed by atoms with Gasteiger partial charge in [0.05, 0.1) is 5.39 Å². The Balaban J connectivity index is 1.80. The molecule has 0 aliphatic carbocycles. The summed E-state index contributed by atoms with van der Waals surface area (Å²) < 4.78 is 5.80. The summed E-state index contributed by atoms with van der Waals surface area (Å²) in [5, 5.41) is 20.6. The lowest BCUT2D eigenvalue weighted by Gasteiger charge is -2.13. The van der Waals surface area contributed by atoms with Gasteiger partial charge in [0, 0.05) is 23.6 Å². The number of carbonyl (C=O) groups excluding carboxylic acids is 1. The topological polar surface area (TPSA) is 134 Å². The summed E-state index contributed by atoms with van der Waals surface area (Å²) in [6, 6.07) is 11.5. The van der Waals surface area contributed by atoms with Crippen LogP contribution in [0.1, 0.15) is 28.8 Å². The maximum atomic E-state index is 12.4. The fourth-order valence-corrected chi connectivity index (χ4v) is 2.97. The third-order valence-corrected chi connectivity index (χ3v) is 4.56. The molecular weight excluding hydrogens is 390 g/mol. The van der Waals surface area contributed by atoms with Crippen molar-refractivity contribution in [2.24, 2.45) is 0 Å². The molecule has 1 unspecified atom stereocenters. The van der Waals surface area contributed by atoms with Crippen molar-refractivity contribution in [1.29, 1.82) is 0 Å². The number of hydrogen-bond acceptors (Lipinski definition) is 5. The second-order valence-corrected chi connectivity index (χ2v) is 6.85. The highest BCUT2D eigenvalue weighted by Gasteiger charge is 2.21. The quantitative estimate of drug-likeness (QED) is 0.546. The van der Waals surface area contributed by atoms with Gasteiger partial charge >= 0.3 is 11.9 Å². The van der Waals surface area contributed by atoms with E-state index in [2.05, 4.69) is 5.32 Å². The number of carboxylic acids is 2. The summed E-state index contributed by atoms with van der Waals surface area (Å²) in [7, 11) is 0. The lowest BCUT2D eigenvalue weighted by Crippen LogP contribution is -2.41. The monoisotopic (exact) mass is 409 g/mol. The van der Waals surface area contributed by atoms with Gasteiger partial charge in [-0.15, -0.1) is 0 Å². The van der Waals surface area contributed by atoms with E-state index in [4.69, 9.17) is 14.6 Å². The first-order valence-corrected chi connectivity index (χ1v) is 9.15. The summed E-state index contributed by atoms with van der Waals surface area (Å²) in [5.41, 5.74) is 1.99. The molecule has 0 saturated heterocycles. The maximum absolute atomic E-state index is 12.4. The van der Waals surface area contributed by atoms with E-state index in [-0.39, 0.29) is 23.8 Å². The summed E-state index contributed by atoms with van der Waals surface area (Å²) in [6.45, 7) is 1.88. The Morgan fingerprint density at radius 3 is 2.37 bits per heavy atom. The zero-order valence-electron chi connectivity index (χ0n) is 16.0. The molecule has 0 fully saturated rings. The number of carbonyl (C=O) groups is 3. The molecular formula is C22H19NO7. The Morgan fingerprint density at radius 2 is 1.73 bits per heavy atom. The molecule has 154 valence electrons. The van der Waals surface area contributed by atoms with Crippen LogP contribution in [-0.2, 0) is 9.59 Å². The Hall–Kier alpha value is -3.94. The first-order chi connectivity index (χ1) is 14.2. The molecule has 8 heteroatoms.